The van der Waals surface area contributed by atoms with Gasteiger partial charge in [-0.05, 0) is 12.8 Å². The molecule has 0 radical (unpaired) electrons. The first-order valence-corrected chi connectivity index (χ1v) is 7.36. The normalized spacial score (nSPS) is 18.5. The maximum Gasteiger partial charge on any atom is 0.245 e. The fraction of sp³-hybridized carbons (Fsp3) is 0.400. The first-order valence-electron chi connectivity index (χ1n) is 7.36. The smallest absolute Gasteiger partial charge is 0.245 e. The summed E-state index contributed by atoms with van der Waals surface area (Å²) in [6.45, 7) is 0.829. The number of hydrogen-bond donors (Lipinski definition) is 2. The number of likely N-dealkylation sites (tertiary alicyclic amines) is 1. The number of aliphatic hydroxyl groups is 1. The number of carbonyl (C=O) groups excluding carboxylic acids is 1. The number of rotatable bonds is 4. The summed E-state index contributed by atoms with van der Waals surface area (Å²) in [4.78, 5) is 22.1. The van der Waals surface area contributed by atoms with Crippen molar-refractivity contribution in [2.45, 2.75) is 18.9 Å². The van der Waals surface area contributed by atoms with Crippen LogP contribution in [0, 0.1) is 11.6 Å². The summed E-state index contributed by atoms with van der Waals surface area (Å²) in [5.41, 5.74) is 0.454. The van der Waals surface area contributed by atoms with Crippen LogP contribution in [-0.2, 0) is 4.79 Å². The number of nitrogens with zero attached hydrogens (tertiary/aromatic N) is 3. The van der Waals surface area contributed by atoms with E-state index in [2.05, 4.69) is 15.3 Å². The van der Waals surface area contributed by atoms with E-state index >= 15 is 0 Å². The number of hydrogen-bond acceptors (Lipinski definition) is 5. The highest BCUT2D eigenvalue weighted by Gasteiger charge is 2.28. The lowest BCUT2D eigenvalue weighted by atomic mass is 10.0. The number of amides is 1. The van der Waals surface area contributed by atoms with Crippen molar-refractivity contribution >= 4 is 22.8 Å². The molecule has 1 atom stereocenters. The Labute approximate surface area is 131 Å². The summed E-state index contributed by atoms with van der Waals surface area (Å²) < 4.78 is 26.4. The quantitative estimate of drug-likeness (QED) is 0.887. The predicted molar refractivity (Wildman–Crippen MR) is 79.8 cm³/mol. The number of fused-ring (bicyclic) bond motifs is 1. The van der Waals surface area contributed by atoms with Crippen LogP contribution in [0.25, 0.3) is 11.0 Å². The number of aromatic nitrogens is 2. The van der Waals surface area contributed by atoms with Gasteiger partial charge in [-0.3, -0.25) is 9.78 Å². The Hall–Kier alpha value is -2.35. The van der Waals surface area contributed by atoms with Crippen molar-refractivity contribution in [1.82, 2.24) is 14.9 Å². The van der Waals surface area contributed by atoms with Crippen LogP contribution in [0.15, 0.2) is 18.3 Å². The van der Waals surface area contributed by atoms with Crippen molar-refractivity contribution in [1.29, 1.82) is 0 Å². The molecular formula is C15H16F2N4O2. The minimum Gasteiger partial charge on any atom is -0.395 e. The third kappa shape index (κ3) is 3.21. The number of benzene rings is 1. The van der Waals surface area contributed by atoms with Crippen molar-refractivity contribution in [3.05, 3.63) is 30.0 Å². The van der Waals surface area contributed by atoms with Crippen LogP contribution >= 0.6 is 0 Å². The second-order valence-corrected chi connectivity index (χ2v) is 5.40. The van der Waals surface area contributed by atoms with Crippen LogP contribution in [0.3, 0.4) is 0 Å². The summed E-state index contributed by atoms with van der Waals surface area (Å²) in [6, 6.07) is 1.49. The van der Waals surface area contributed by atoms with Crippen LogP contribution in [0.2, 0.25) is 0 Å². The van der Waals surface area contributed by atoms with E-state index in [0.29, 0.717) is 25.3 Å². The van der Waals surface area contributed by atoms with Crippen molar-refractivity contribution in [2.24, 2.45) is 0 Å². The maximum absolute atomic E-state index is 13.3. The molecule has 1 saturated heterocycles. The molecule has 6 nitrogen and oxygen atoms in total. The van der Waals surface area contributed by atoms with Gasteiger partial charge < -0.3 is 15.3 Å². The highest BCUT2D eigenvalue weighted by Crippen LogP contribution is 2.19. The monoisotopic (exact) mass is 322 g/mol. The second kappa shape index (κ2) is 6.41. The lowest BCUT2D eigenvalue weighted by Crippen LogP contribution is -2.48. The van der Waals surface area contributed by atoms with Crippen molar-refractivity contribution < 1.29 is 18.7 Å². The molecule has 1 aliphatic heterocycles. The zero-order valence-corrected chi connectivity index (χ0v) is 12.3. The Morgan fingerprint density at radius 1 is 1.30 bits per heavy atom. The lowest BCUT2D eigenvalue weighted by Gasteiger charge is -2.32. The number of piperidine rings is 1. The SMILES string of the molecule is O=C1[C@@H](Nc2cnc3cc(F)c(F)cc3n2)CCCN1CCO. The van der Waals surface area contributed by atoms with Crippen LogP contribution in [0.1, 0.15) is 12.8 Å². The minimum atomic E-state index is -0.994. The molecule has 2 N–H and O–H groups in total. The molecule has 0 saturated carbocycles. The van der Waals surface area contributed by atoms with Gasteiger partial charge in [0.15, 0.2) is 11.6 Å². The predicted octanol–water partition coefficient (Wildman–Crippen LogP) is 1.30. The molecule has 122 valence electrons. The van der Waals surface area contributed by atoms with Crippen LogP contribution in [0.4, 0.5) is 14.6 Å². The van der Waals surface area contributed by atoms with E-state index in [9.17, 15) is 13.6 Å². The zero-order valence-electron chi connectivity index (χ0n) is 12.3. The Bertz CT molecular complexity index is 739. The summed E-state index contributed by atoms with van der Waals surface area (Å²) >= 11 is 0. The summed E-state index contributed by atoms with van der Waals surface area (Å²) in [5, 5.41) is 12.0. The highest BCUT2D eigenvalue weighted by atomic mass is 19.2. The maximum atomic E-state index is 13.3. The van der Waals surface area contributed by atoms with E-state index in [-0.39, 0.29) is 23.5 Å². The molecule has 1 aromatic carbocycles. The molecule has 0 unspecified atom stereocenters. The first kappa shape index (κ1) is 15.5. The molecule has 1 amide bonds. The summed E-state index contributed by atoms with van der Waals surface area (Å²) in [7, 11) is 0. The average Bonchev–Trinajstić information content (AvgIpc) is 2.53. The van der Waals surface area contributed by atoms with Gasteiger partial charge in [-0.25, -0.2) is 13.8 Å². The van der Waals surface area contributed by atoms with Crippen molar-refractivity contribution in [2.75, 3.05) is 25.0 Å². The van der Waals surface area contributed by atoms with Gasteiger partial charge in [0.1, 0.15) is 11.9 Å². The molecular weight excluding hydrogens is 306 g/mol. The van der Waals surface area contributed by atoms with Gasteiger partial charge in [0, 0.05) is 25.2 Å². The average molecular weight is 322 g/mol. The van der Waals surface area contributed by atoms with E-state index in [4.69, 9.17) is 5.11 Å². The minimum absolute atomic E-state index is 0.0842. The molecule has 1 aromatic heterocycles. The highest BCUT2D eigenvalue weighted by molar-refractivity contribution is 5.85. The van der Waals surface area contributed by atoms with E-state index in [1.165, 1.54) is 6.20 Å². The fourth-order valence-corrected chi connectivity index (χ4v) is 2.67. The van der Waals surface area contributed by atoms with Crippen molar-refractivity contribution in [3.8, 4) is 0 Å². The van der Waals surface area contributed by atoms with Gasteiger partial charge >= 0.3 is 0 Å². The number of aliphatic hydroxyl groups excluding tert-OH is 1. The van der Waals surface area contributed by atoms with Gasteiger partial charge in [0.25, 0.3) is 0 Å². The number of halogens is 2. The molecule has 8 heteroatoms. The van der Waals surface area contributed by atoms with Crippen molar-refractivity contribution in [3.63, 3.8) is 0 Å². The fourth-order valence-electron chi connectivity index (χ4n) is 2.67. The van der Waals surface area contributed by atoms with Gasteiger partial charge in [-0.15, -0.1) is 0 Å². The molecule has 1 fully saturated rings. The van der Waals surface area contributed by atoms with Crippen LogP contribution in [-0.4, -0.2) is 51.6 Å². The van der Waals surface area contributed by atoms with E-state index in [1.807, 2.05) is 0 Å². The third-order valence-corrected chi connectivity index (χ3v) is 3.81. The molecule has 0 spiro atoms. The molecule has 0 aliphatic carbocycles. The van der Waals surface area contributed by atoms with Gasteiger partial charge in [-0.2, -0.15) is 0 Å². The third-order valence-electron chi connectivity index (χ3n) is 3.81. The Kier molecular flexibility index (Phi) is 4.33. The molecule has 0 bridgehead atoms. The number of carbonyl (C=O) groups is 1. The largest absolute Gasteiger partial charge is 0.395 e. The summed E-state index contributed by atoms with van der Waals surface area (Å²) in [5.74, 6) is -1.76. The number of β-amino-alcohol motifs (C(OH)–C–C–N with tert-alkyl or cyclic N) is 1. The molecule has 23 heavy (non-hydrogen) atoms. The van der Waals surface area contributed by atoms with Crippen LogP contribution in [0.5, 0.6) is 0 Å². The molecule has 1 aliphatic rings. The Morgan fingerprint density at radius 3 is 2.78 bits per heavy atom. The van der Waals surface area contributed by atoms with E-state index in [0.717, 1.165) is 18.6 Å². The first-order chi connectivity index (χ1) is 11.1. The van der Waals surface area contributed by atoms with Gasteiger partial charge in [-0.1, -0.05) is 0 Å². The second-order valence-electron chi connectivity index (χ2n) is 5.40. The Balaban J connectivity index is 1.80. The standard InChI is InChI=1S/C15H16F2N4O2/c16-9-6-12-13(7-10(9)17)20-14(8-18-12)19-11-2-1-3-21(4-5-22)15(11)23/h6-8,11,22H,1-5H2,(H,19,20)/t11-/m0/s1. The number of nitrogens with one attached hydrogen (secondary N) is 1. The topological polar surface area (TPSA) is 78.4 Å². The lowest BCUT2D eigenvalue weighted by molar-refractivity contribution is -0.134. The van der Waals surface area contributed by atoms with E-state index < -0.39 is 17.7 Å². The van der Waals surface area contributed by atoms with Gasteiger partial charge in [0.2, 0.25) is 5.91 Å². The summed E-state index contributed by atoms with van der Waals surface area (Å²) in [6.07, 6.45) is 2.83. The molecule has 2 heterocycles. The molecule has 3 rings (SSSR count). The zero-order chi connectivity index (χ0) is 16.4. The van der Waals surface area contributed by atoms with Crippen LogP contribution < -0.4 is 5.32 Å². The van der Waals surface area contributed by atoms with Gasteiger partial charge in [0.05, 0.1) is 23.8 Å². The number of anilines is 1. The molecule has 2 aromatic rings. The Morgan fingerprint density at radius 2 is 2.04 bits per heavy atom. The van der Waals surface area contributed by atoms with E-state index in [1.54, 1.807) is 4.90 Å².